The van der Waals surface area contributed by atoms with Crippen LogP contribution in [-0.2, 0) is 9.59 Å². The second kappa shape index (κ2) is 13.6. The molecule has 0 unspecified atom stereocenters. The molecule has 0 atom stereocenters. The molecule has 0 aliphatic carbocycles. The third-order valence-corrected chi connectivity index (χ3v) is 6.97. The maximum absolute atomic E-state index is 13.3. The van der Waals surface area contributed by atoms with Gasteiger partial charge in [-0.2, -0.15) is 0 Å². The number of carbonyl (C=O) groups is 3. The number of rotatable bonds is 9. The first-order valence-electron chi connectivity index (χ1n) is 12.1. The number of amides is 3. The fourth-order valence-electron chi connectivity index (χ4n) is 3.55. The maximum Gasteiger partial charge on any atom is 0.272 e. The van der Waals surface area contributed by atoms with Crippen molar-refractivity contribution in [2.75, 3.05) is 16.4 Å². The van der Waals surface area contributed by atoms with Crippen molar-refractivity contribution in [3.63, 3.8) is 0 Å². The Labute approximate surface area is 240 Å². The van der Waals surface area contributed by atoms with E-state index in [0.717, 1.165) is 26.2 Å². The summed E-state index contributed by atoms with van der Waals surface area (Å²) in [6, 6.07) is 30.9. The van der Waals surface area contributed by atoms with Crippen molar-refractivity contribution in [3.05, 3.63) is 130 Å². The number of carbonyl (C=O) groups excluding carboxylic acids is 3. The lowest BCUT2D eigenvalue weighted by Gasteiger charge is -2.12. The van der Waals surface area contributed by atoms with Gasteiger partial charge >= 0.3 is 0 Å². The number of halogens is 1. The summed E-state index contributed by atoms with van der Waals surface area (Å²) in [6.07, 6.45) is 1.62. The summed E-state index contributed by atoms with van der Waals surface area (Å²) in [5.74, 6) is -0.775. The van der Waals surface area contributed by atoms with Gasteiger partial charge in [-0.05, 0) is 73.2 Å². The molecular weight excluding hydrogens is 574 g/mol. The van der Waals surface area contributed by atoms with E-state index in [-0.39, 0.29) is 17.4 Å². The van der Waals surface area contributed by atoms with Gasteiger partial charge in [0.25, 0.3) is 11.8 Å². The van der Waals surface area contributed by atoms with E-state index in [1.165, 1.54) is 11.8 Å². The van der Waals surface area contributed by atoms with E-state index in [1.54, 1.807) is 48.5 Å². The number of hydrogen-bond donors (Lipinski definition) is 3. The van der Waals surface area contributed by atoms with Crippen molar-refractivity contribution < 1.29 is 14.4 Å². The van der Waals surface area contributed by atoms with E-state index >= 15 is 0 Å². The molecule has 3 N–H and O–H groups in total. The largest absolute Gasteiger partial charge is 0.325 e. The maximum atomic E-state index is 13.3. The van der Waals surface area contributed by atoms with Gasteiger partial charge < -0.3 is 16.0 Å². The smallest absolute Gasteiger partial charge is 0.272 e. The van der Waals surface area contributed by atoms with Crippen molar-refractivity contribution in [2.24, 2.45) is 0 Å². The Morgan fingerprint density at radius 1 is 0.795 bits per heavy atom. The molecule has 4 rings (SSSR count). The highest BCUT2D eigenvalue weighted by atomic mass is 79.9. The van der Waals surface area contributed by atoms with Crippen LogP contribution in [0, 0.1) is 6.92 Å². The van der Waals surface area contributed by atoms with E-state index < -0.39 is 11.8 Å². The van der Waals surface area contributed by atoms with Crippen LogP contribution in [0.25, 0.3) is 6.08 Å². The van der Waals surface area contributed by atoms with E-state index in [4.69, 9.17) is 0 Å². The van der Waals surface area contributed by atoms with Crippen LogP contribution in [0.3, 0.4) is 0 Å². The van der Waals surface area contributed by atoms with Crippen LogP contribution in [-0.4, -0.2) is 23.5 Å². The minimum atomic E-state index is -0.474. The van der Waals surface area contributed by atoms with Gasteiger partial charge in [-0.3, -0.25) is 14.4 Å². The molecule has 3 amide bonds. The molecule has 0 bridgehead atoms. The average Bonchev–Trinajstić information content (AvgIpc) is 2.93. The Hall–Kier alpha value is -4.14. The first-order valence-corrected chi connectivity index (χ1v) is 13.9. The van der Waals surface area contributed by atoms with Crippen molar-refractivity contribution in [2.45, 2.75) is 11.8 Å². The fraction of sp³-hybridized carbons (Fsp3) is 0.0645. The predicted octanol–water partition coefficient (Wildman–Crippen LogP) is 6.90. The summed E-state index contributed by atoms with van der Waals surface area (Å²) in [5.41, 5.74) is 3.68. The summed E-state index contributed by atoms with van der Waals surface area (Å²) in [7, 11) is 0. The highest BCUT2D eigenvalue weighted by molar-refractivity contribution is 9.10. The lowest BCUT2D eigenvalue weighted by molar-refractivity contribution is -0.114. The van der Waals surface area contributed by atoms with Gasteiger partial charge in [-0.25, -0.2) is 0 Å². The fourth-order valence-corrected chi connectivity index (χ4v) is 4.72. The quantitative estimate of drug-likeness (QED) is 0.144. The second-order valence-corrected chi connectivity index (χ2v) is 10.6. The molecule has 6 nitrogen and oxygen atoms in total. The summed E-state index contributed by atoms with van der Waals surface area (Å²) < 4.78 is 0.849. The molecule has 0 radical (unpaired) electrons. The summed E-state index contributed by atoms with van der Waals surface area (Å²) in [5, 5.41) is 8.48. The number of nitrogens with one attached hydrogen (secondary N) is 3. The number of aryl methyl sites for hydroxylation is 1. The van der Waals surface area contributed by atoms with Gasteiger partial charge in [0.1, 0.15) is 5.70 Å². The lowest BCUT2D eigenvalue weighted by atomic mass is 10.1. The molecule has 0 saturated heterocycles. The summed E-state index contributed by atoms with van der Waals surface area (Å²) >= 11 is 4.80. The van der Waals surface area contributed by atoms with Crippen molar-refractivity contribution in [1.29, 1.82) is 0 Å². The van der Waals surface area contributed by atoms with Crippen LogP contribution >= 0.6 is 27.7 Å². The van der Waals surface area contributed by atoms with Crippen LogP contribution < -0.4 is 16.0 Å². The van der Waals surface area contributed by atoms with E-state index in [0.29, 0.717) is 11.3 Å². The molecule has 39 heavy (non-hydrogen) atoms. The SMILES string of the molecule is Cc1ccc(NC(=O)CSc2cccc(NC(=O)/C(=C\c3cccc(Br)c3)NC(=O)c3ccccc3)c2)cc1. The zero-order valence-electron chi connectivity index (χ0n) is 21.1. The number of hydrogen-bond acceptors (Lipinski definition) is 4. The number of benzene rings is 4. The number of thioether (sulfide) groups is 1. The van der Waals surface area contributed by atoms with Crippen LogP contribution in [0.15, 0.2) is 118 Å². The Kier molecular flexibility index (Phi) is 9.72. The van der Waals surface area contributed by atoms with Gasteiger partial charge in [0.15, 0.2) is 0 Å². The molecule has 4 aromatic rings. The molecule has 0 saturated carbocycles. The Bertz CT molecular complexity index is 1510. The van der Waals surface area contributed by atoms with Gasteiger partial charge in [-0.1, -0.05) is 70.0 Å². The second-order valence-electron chi connectivity index (χ2n) is 8.62. The Morgan fingerprint density at radius 3 is 2.28 bits per heavy atom. The minimum Gasteiger partial charge on any atom is -0.325 e. The highest BCUT2D eigenvalue weighted by Gasteiger charge is 2.15. The van der Waals surface area contributed by atoms with Crippen molar-refractivity contribution >= 4 is 62.9 Å². The van der Waals surface area contributed by atoms with Crippen molar-refractivity contribution in [1.82, 2.24) is 5.32 Å². The molecule has 0 aliphatic rings. The zero-order valence-corrected chi connectivity index (χ0v) is 23.5. The molecule has 0 spiro atoms. The molecule has 196 valence electrons. The predicted molar refractivity (Wildman–Crippen MR) is 162 cm³/mol. The normalized spacial score (nSPS) is 11.0. The van der Waals surface area contributed by atoms with E-state index in [9.17, 15) is 14.4 Å². The summed E-state index contributed by atoms with van der Waals surface area (Å²) in [4.78, 5) is 39.3. The summed E-state index contributed by atoms with van der Waals surface area (Å²) in [6.45, 7) is 1.99. The zero-order chi connectivity index (χ0) is 27.6. The monoisotopic (exact) mass is 599 g/mol. The topological polar surface area (TPSA) is 87.3 Å². The molecular formula is C31H26BrN3O3S. The minimum absolute atomic E-state index is 0.0949. The van der Waals surface area contributed by atoms with E-state index in [1.807, 2.05) is 67.6 Å². The van der Waals surface area contributed by atoms with Gasteiger partial charge in [0.2, 0.25) is 5.91 Å². The van der Waals surface area contributed by atoms with Gasteiger partial charge in [0, 0.05) is 26.3 Å². The molecule has 8 heteroatoms. The van der Waals surface area contributed by atoms with Crippen LogP contribution in [0.4, 0.5) is 11.4 Å². The standard InChI is InChI=1S/C31H26BrN3O3S/c1-21-13-15-25(16-14-21)33-29(36)20-39-27-12-6-11-26(19-27)34-31(38)28(18-22-7-5-10-24(32)17-22)35-30(37)23-8-3-2-4-9-23/h2-19H,20H2,1H3,(H,33,36)(H,34,38)(H,35,37)/b28-18+. The van der Waals surface area contributed by atoms with Crippen LogP contribution in [0.2, 0.25) is 0 Å². The van der Waals surface area contributed by atoms with Crippen LogP contribution in [0.1, 0.15) is 21.5 Å². The third-order valence-electron chi connectivity index (χ3n) is 5.49. The van der Waals surface area contributed by atoms with Crippen LogP contribution in [0.5, 0.6) is 0 Å². The molecule has 0 aromatic heterocycles. The number of anilines is 2. The molecule has 0 aliphatic heterocycles. The third kappa shape index (κ3) is 8.70. The Morgan fingerprint density at radius 2 is 1.54 bits per heavy atom. The van der Waals surface area contributed by atoms with Gasteiger partial charge in [-0.15, -0.1) is 11.8 Å². The molecule has 0 heterocycles. The van der Waals surface area contributed by atoms with Crippen molar-refractivity contribution in [3.8, 4) is 0 Å². The first kappa shape index (κ1) is 27.9. The van der Waals surface area contributed by atoms with Gasteiger partial charge in [0.05, 0.1) is 5.75 Å². The average molecular weight is 601 g/mol. The molecule has 4 aromatic carbocycles. The first-order chi connectivity index (χ1) is 18.9. The highest BCUT2D eigenvalue weighted by Crippen LogP contribution is 2.23. The van der Waals surface area contributed by atoms with E-state index in [2.05, 4.69) is 31.9 Å². The Balaban J connectivity index is 1.45. The molecule has 0 fully saturated rings. The lowest BCUT2D eigenvalue weighted by Crippen LogP contribution is -2.30.